The van der Waals surface area contributed by atoms with E-state index < -0.39 is 0 Å². The van der Waals surface area contributed by atoms with Crippen molar-refractivity contribution >= 4 is 43.5 Å². The van der Waals surface area contributed by atoms with Crippen molar-refractivity contribution in [1.29, 1.82) is 0 Å². The highest BCUT2D eigenvalue weighted by Crippen LogP contribution is 2.36. The Hall–Kier alpha value is -6.19. The molecular weight excluding hydrogens is 562 g/mol. The Balaban J connectivity index is 1.14. The summed E-state index contributed by atoms with van der Waals surface area (Å²) in [5, 5.41) is 4.76. The van der Waals surface area contributed by atoms with Crippen LogP contribution in [-0.4, -0.2) is 4.57 Å². The van der Waals surface area contributed by atoms with Gasteiger partial charge in [-0.15, -0.1) is 0 Å². The van der Waals surface area contributed by atoms with Crippen LogP contribution >= 0.6 is 0 Å². The summed E-state index contributed by atoms with van der Waals surface area (Å²) in [5.41, 5.74) is 10.1. The minimum absolute atomic E-state index is 0.332. The highest BCUT2D eigenvalue weighted by atomic mass is 16.4. The molecule has 0 unspecified atom stereocenters. The minimum Gasteiger partial charge on any atom is -0.422 e. The van der Waals surface area contributed by atoms with E-state index in [2.05, 4.69) is 132 Å². The van der Waals surface area contributed by atoms with Crippen LogP contribution in [0.3, 0.4) is 0 Å². The molecular formula is C43H27NO2. The van der Waals surface area contributed by atoms with Crippen molar-refractivity contribution in [2.45, 2.75) is 0 Å². The van der Waals surface area contributed by atoms with E-state index in [1.807, 2.05) is 36.4 Å². The second-order valence-electron chi connectivity index (χ2n) is 11.7. The molecule has 3 nitrogen and oxygen atoms in total. The van der Waals surface area contributed by atoms with Gasteiger partial charge in [-0.05, 0) is 93.4 Å². The van der Waals surface area contributed by atoms with E-state index in [0.29, 0.717) is 11.0 Å². The molecule has 46 heavy (non-hydrogen) atoms. The fourth-order valence-corrected chi connectivity index (χ4v) is 6.81. The van der Waals surface area contributed by atoms with E-state index in [1.54, 1.807) is 0 Å². The summed E-state index contributed by atoms with van der Waals surface area (Å²) in [6.45, 7) is 0. The number of fused-ring (bicyclic) bond motifs is 6. The van der Waals surface area contributed by atoms with Gasteiger partial charge in [-0.2, -0.15) is 0 Å². The number of para-hydroxylation sites is 2. The molecule has 2 heterocycles. The molecule has 0 atom stereocenters. The number of benzene rings is 7. The summed E-state index contributed by atoms with van der Waals surface area (Å²) in [6.07, 6.45) is 0. The van der Waals surface area contributed by atoms with Gasteiger partial charge in [0.05, 0.1) is 16.4 Å². The predicted molar refractivity (Wildman–Crippen MR) is 191 cm³/mol. The molecule has 0 aliphatic heterocycles. The van der Waals surface area contributed by atoms with Gasteiger partial charge in [0, 0.05) is 21.8 Å². The van der Waals surface area contributed by atoms with Gasteiger partial charge < -0.3 is 8.98 Å². The lowest BCUT2D eigenvalue weighted by molar-refractivity contribution is 0.570. The van der Waals surface area contributed by atoms with E-state index in [-0.39, 0.29) is 5.63 Å². The highest BCUT2D eigenvalue weighted by molar-refractivity contribution is 6.11. The first-order valence-electron chi connectivity index (χ1n) is 15.5. The van der Waals surface area contributed by atoms with Crippen molar-refractivity contribution in [2.75, 3.05) is 0 Å². The van der Waals surface area contributed by atoms with Crippen molar-refractivity contribution in [3.8, 4) is 39.1 Å². The summed E-state index contributed by atoms with van der Waals surface area (Å²) >= 11 is 0. The molecule has 9 aromatic rings. The van der Waals surface area contributed by atoms with Gasteiger partial charge in [-0.25, -0.2) is 4.79 Å². The van der Waals surface area contributed by atoms with Crippen molar-refractivity contribution in [1.82, 2.24) is 4.57 Å². The summed E-state index contributed by atoms with van der Waals surface area (Å²) in [4.78, 5) is 13.4. The zero-order valence-electron chi connectivity index (χ0n) is 24.9. The van der Waals surface area contributed by atoms with Gasteiger partial charge in [-0.3, -0.25) is 0 Å². The summed E-state index contributed by atoms with van der Waals surface area (Å²) < 4.78 is 8.27. The van der Waals surface area contributed by atoms with Crippen LogP contribution in [-0.2, 0) is 0 Å². The maximum absolute atomic E-state index is 13.4. The molecule has 0 saturated heterocycles. The standard InChI is InChI=1S/C43H27NO2/c45-43-39-26-31(32-20-23-41-38(25-32)36-16-7-8-17-40(36)44(41)34-14-5-2-6-15-34)18-21-35(39)37-22-19-33(27-42(37)46-43)30-13-9-12-29(24-30)28-10-3-1-4-11-28/h1-27H. The molecule has 0 aliphatic rings. The van der Waals surface area contributed by atoms with Crippen LogP contribution in [0.5, 0.6) is 0 Å². The first kappa shape index (κ1) is 26.2. The van der Waals surface area contributed by atoms with Crippen LogP contribution in [0.4, 0.5) is 0 Å². The van der Waals surface area contributed by atoms with Crippen LogP contribution in [0.25, 0.3) is 82.6 Å². The number of rotatable bonds is 4. The average molecular weight is 590 g/mol. The Kier molecular flexibility index (Phi) is 5.97. The van der Waals surface area contributed by atoms with Crippen LogP contribution in [0.2, 0.25) is 0 Å². The number of hydrogen-bond acceptors (Lipinski definition) is 2. The molecule has 0 radical (unpaired) electrons. The van der Waals surface area contributed by atoms with E-state index in [4.69, 9.17) is 4.42 Å². The molecule has 0 spiro atoms. The highest BCUT2D eigenvalue weighted by Gasteiger charge is 2.15. The Morgan fingerprint density at radius 3 is 1.74 bits per heavy atom. The second-order valence-corrected chi connectivity index (χ2v) is 11.7. The van der Waals surface area contributed by atoms with E-state index in [9.17, 15) is 4.79 Å². The third kappa shape index (κ3) is 4.25. The number of aromatic nitrogens is 1. The van der Waals surface area contributed by atoms with Gasteiger partial charge in [-0.1, -0.05) is 109 Å². The van der Waals surface area contributed by atoms with E-state index >= 15 is 0 Å². The van der Waals surface area contributed by atoms with Gasteiger partial charge in [0.25, 0.3) is 0 Å². The van der Waals surface area contributed by atoms with Gasteiger partial charge in [0.15, 0.2) is 0 Å². The fourth-order valence-electron chi connectivity index (χ4n) is 6.81. The molecule has 9 rings (SSSR count). The average Bonchev–Trinajstić information content (AvgIpc) is 3.46. The largest absolute Gasteiger partial charge is 0.422 e. The monoisotopic (exact) mass is 589 g/mol. The zero-order valence-corrected chi connectivity index (χ0v) is 24.9. The van der Waals surface area contributed by atoms with Crippen molar-refractivity contribution < 1.29 is 4.42 Å². The van der Waals surface area contributed by atoms with Gasteiger partial charge in [0.2, 0.25) is 0 Å². The lowest BCUT2D eigenvalue weighted by atomic mass is 9.96. The Morgan fingerprint density at radius 2 is 0.935 bits per heavy atom. The molecule has 0 aliphatic carbocycles. The normalized spacial score (nSPS) is 11.6. The third-order valence-electron chi connectivity index (χ3n) is 9.04. The number of nitrogens with zero attached hydrogens (tertiary/aromatic N) is 1. The lowest BCUT2D eigenvalue weighted by Crippen LogP contribution is -2.00. The smallest absolute Gasteiger partial charge is 0.344 e. The molecule has 0 N–H and O–H groups in total. The Labute approximate surface area is 265 Å². The molecule has 7 aromatic carbocycles. The SMILES string of the molecule is O=c1oc2cc(-c3cccc(-c4ccccc4)c3)ccc2c2ccc(-c3ccc4c(c3)c3ccccc3n4-c3ccccc3)cc12. The van der Waals surface area contributed by atoms with Crippen LogP contribution in [0.15, 0.2) is 173 Å². The maximum atomic E-state index is 13.4. The van der Waals surface area contributed by atoms with Crippen LogP contribution < -0.4 is 5.63 Å². The van der Waals surface area contributed by atoms with E-state index in [1.165, 1.54) is 16.3 Å². The molecule has 216 valence electrons. The van der Waals surface area contributed by atoms with Crippen molar-refractivity contribution in [2.24, 2.45) is 0 Å². The topological polar surface area (TPSA) is 35.1 Å². The quantitative estimate of drug-likeness (QED) is 0.151. The molecule has 0 saturated carbocycles. The minimum atomic E-state index is -0.332. The Bertz CT molecular complexity index is 2650. The predicted octanol–water partition coefficient (Wildman–Crippen LogP) is 11.0. The van der Waals surface area contributed by atoms with Gasteiger partial charge >= 0.3 is 5.63 Å². The zero-order chi connectivity index (χ0) is 30.6. The fraction of sp³-hybridized carbons (Fsp3) is 0. The molecule has 2 aromatic heterocycles. The summed E-state index contributed by atoms with van der Waals surface area (Å²) in [7, 11) is 0. The Morgan fingerprint density at radius 1 is 0.370 bits per heavy atom. The number of hydrogen-bond donors (Lipinski definition) is 0. The first-order valence-corrected chi connectivity index (χ1v) is 15.5. The maximum Gasteiger partial charge on any atom is 0.344 e. The van der Waals surface area contributed by atoms with Crippen LogP contribution in [0.1, 0.15) is 0 Å². The summed E-state index contributed by atoms with van der Waals surface area (Å²) in [5.74, 6) is 0. The lowest BCUT2D eigenvalue weighted by Gasteiger charge is -2.10. The van der Waals surface area contributed by atoms with Crippen LogP contribution in [0, 0.1) is 0 Å². The first-order chi connectivity index (χ1) is 22.7. The molecule has 3 heteroatoms. The van der Waals surface area contributed by atoms with Gasteiger partial charge in [0.1, 0.15) is 5.58 Å². The second kappa shape index (κ2) is 10.5. The molecule has 0 bridgehead atoms. The van der Waals surface area contributed by atoms with Crippen molar-refractivity contribution in [3.63, 3.8) is 0 Å². The van der Waals surface area contributed by atoms with Crippen molar-refractivity contribution in [3.05, 3.63) is 174 Å². The summed E-state index contributed by atoms with van der Waals surface area (Å²) in [6, 6.07) is 56.6. The van der Waals surface area contributed by atoms with E-state index in [0.717, 1.165) is 55.3 Å². The third-order valence-corrected chi connectivity index (χ3v) is 9.04. The molecule has 0 fully saturated rings. The molecule has 0 amide bonds.